The van der Waals surface area contributed by atoms with Gasteiger partial charge in [0.05, 0.1) is 34.7 Å². The normalized spacial score (nSPS) is 15.0. The number of pyridine rings is 1. The fourth-order valence-electron chi connectivity index (χ4n) is 4.58. The Hall–Kier alpha value is -4.84. The van der Waals surface area contributed by atoms with Crippen molar-refractivity contribution in [1.82, 2.24) is 19.3 Å². The standard InChI is InChI=1S/C27H21FN6O2/c1-2-26(35)33-10-7-19(15-33)21-13-24(34-16-30-8-6-23(21)34)18-3-4-20(22(28)12-18)27(36)32-25-11-17(14-29)5-9-31-25/h2-6,8-9,11-13,16,19H,1,7,10,15H2,(H,31,32,36). The first kappa shape index (κ1) is 22.9. The Labute approximate surface area is 206 Å². The highest BCUT2D eigenvalue weighted by Crippen LogP contribution is 2.35. The minimum absolute atomic E-state index is 0.0895. The zero-order chi connectivity index (χ0) is 25.2. The Balaban J connectivity index is 1.45. The minimum atomic E-state index is -0.689. The summed E-state index contributed by atoms with van der Waals surface area (Å²) < 4.78 is 17.0. The van der Waals surface area contributed by atoms with Crippen LogP contribution in [-0.2, 0) is 4.79 Å². The number of rotatable bonds is 5. The molecule has 0 radical (unpaired) electrons. The molecule has 1 unspecified atom stereocenters. The molecule has 0 aliphatic carbocycles. The predicted molar refractivity (Wildman–Crippen MR) is 132 cm³/mol. The first-order chi connectivity index (χ1) is 17.5. The van der Waals surface area contributed by atoms with Crippen LogP contribution >= 0.6 is 0 Å². The Morgan fingerprint density at radius 1 is 1.19 bits per heavy atom. The number of benzene rings is 1. The molecule has 1 aliphatic heterocycles. The van der Waals surface area contributed by atoms with E-state index in [1.807, 2.05) is 22.6 Å². The maximum Gasteiger partial charge on any atom is 0.259 e. The SMILES string of the molecule is C=CC(=O)N1CCC(c2cc(-c3ccc(C(=O)Nc4cc(C#N)ccn4)c(F)c3)n3cnccc23)C1. The van der Waals surface area contributed by atoms with Crippen molar-refractivity contribution in [1.29, 1.82) is 5.26 Å². The third-order valence-electron chi connectivity index (χ3n) is 6.36. The summed E-state index contributed by atoms with van der Waals surface area (Å²) in [6.45, 7) is 4.81. The number of likely N-dealkylation sites (tertiary alicyclic amines) is 1. The molecule has 4 aromatic rings. The molecule has 8 nitrogen and oxygen atoms in total. The number of carbonyl (C=O) groups is 2. The zero-order valence-corrected chi connectivity index (χ0v) is 19.2. The summed E-state index contributed by atoms with van der Waals surface area (Å²) in [4.78, 5) is 34.7. The summed E-state index contributed by atoms with van der Waals surface area (Å²) in [5.74, 6) is -1.15. The van der Waals surface area contributed by atoms with Crippen molar-refractivity contribution < 1.29 is 14.0 Å². The number of hydrogen-bond acceptors (Lipinski definition) is 5. The van der Waals surface area contributed by atoms with Gasteiger partial charge in [-0.15, -0.1) is 0 Å². The number of hydrogen-bond donors (Lipinski definition) is 1. The molecule has 178 valence electrons. The first-order valence-electron chi connectivity index (χ1n) is 11.3. The average molecular weight is 481 g/mol. The molecular formula is C27H21FN6O2. The largest absolute Gasteiger partial charge is 0.339 e. The van der Waals surface area contributed by atoms with Crippen molar-refractivity contribution in [3.8, 4) is 17.3 Å². The van der Waals surface area contributed by atoms with Gasteiger partial charge in [-0.2, -0.15) is 5.26 Å². The number of nitrogens with zero attached hydrogens (tertiary/aromatic N) is 5. The monoisotopic (exact) mass is 480 g/mol. The van der Waals surface area contributed by atoms with Gasteiger partial charge in [0.1, 0.15) is 11.6 Å². The van der Waals surface area contributed by atoms with Crippen LogP contribution in [0.4, 0.5) is 10.2 Å². The van der Waals surface area contributed by atoms with E-state index in [0.29, 0.717) is 24.2 Å². The smallest absolute Gasteiger partial charge is 0.259 e. The van der Waals surface area contributed by atoms with Crippen molar-refractivity contribution in [2.24, 2.45) is 0 Å². The molecule has 0 spiro atoms. The molecule has 3 aromatic heterocycles. The number of amides is 2. The minimum Gasteiger partial charge on any atom is -0.339 e. The van der Waals surface area contributed by atoms with Crippen LogP contribution < -0.4 is 5.32 Å². The lowest BCUT2D eigenvalue weighted by Crippen LogP contribution is -2.26. The molecule has 2 amide bonds. The highest BCUT2D eigenvalue weighted by atomic mass is 19.1. The molecule has 1 aliphatic rings. The number of aromatic nitrogens is 3. The van der Waals surface area contributed by atoms with Gasteiger partial charge in [-0.1, -0.05) is 12.6 Å². The maximum absolute atomic E-state index is 15.1. The highest BCUT2D eigenvalue weighted by molar-refractivity contribution is 6.04. The average Bonchev–Trinajstić information content (AvgIpc) is 3.53. The summed E-state index contributed by atoms with van der Waals surface area (Å²) in [6, 6.07) is 13.2. The van der Waals surface area contributed by atoms with Crippen LogP contribution in [-0.4, -0.2) is 44.2 Å². The van der Waals surface area contributed by atoms with Crippen LogP contribution in [0.15, 0.2) is 73.8 Å². The maximum atomic E-state index is 15.1. The van der Waals surface area contributed by atoms with Gasteiger partial charge >= 0.3 is 0 Å². The number of halogens is 1. The summed E-state index contributed by atoms with van der Waals surface area (Å²) in [5.41, 5.74) is 3.49. The van der Waals surface area contributed by atoms with E-state index in [1.54, 1.807) is 23.5 Å². The van der Waals surface area contributed by atoms with E-state index in [9.17, 15) is 9.59 Å². The fourth-order valence-corrected chi connectivity index (χ4v) is 4.58. The van der Waals surface area contributed by atoms with Gasteiger partial charge in [0.15, 0.2) is 0 Å². The van der Waals surface area contributed by atoms with Crippen LogP contribution in [0.1, 0.15) is 33.8 Å². The van der Waals surface area contributed by atoms with E-state index in [4.69, 9.17) is 5.26 Å². The molecule has 1 saturated heterocycles. The quantitative estimate of drug-likeness (QED) is 0.432. The number of fused-ring (bicyclic) bond motifs is 1. The molecular weight excluding hydrogens is 459 g/mol. The van der Waals surface area contributed by atoms with E-state index >= 15 is 4.39 Å². The van der Waals surface area contributed by atoms with Crippen molar-refractivity contribution in [3.05, 3.63) is 96.3 Å². The van der Waals surface area contributed by atoms with Gasteiger partial charge in [0.25, 0.3) is 5.91 Å². The number of carbonyl (C=O) groups excluding carboxylic acids is 2. The van der Waals surface area contributed by atoms with Gasteiger partial charge in [0.2, 0.25) is 5.91 Å². The Morgan fingerprint density at radius 3 is 2.83 bits per heavy atom. The lowest BCUT2D eigenvalue weighted by Gasteiger charge is -2.13. The Morgan fingerprint density at radius 2 is 2.06 bits per heavy atom. The molecule has 1 fully saturated rings. The van der Waals surface area contributed by atoms with E-state index in [1.165, 1.54) is 36.5 Å². The molecule has 36 heavy (non-hydrogen) atoms. The van der Waals surface area contributed by atoms with E-state index in [-0.39, 0.29) is 23.2 Å². The van der Waals surface area contributed by atoms with Crippen molar-refractivity contribution in [2.45, 2.75) is 12.3 Å². The summed E-state index contributed by atoms with van der Waals surface area (Å²) in [7, 11) is 0. The summed E-state index contributed by atoms with van der Waals surface area (Å²) in [6.07, 6.45) is 6.91. The predicted octanol–water partition coefficient (Wildman–Crippen LogP) is 4.16. The fraction of sp³-hybridized carbons (Fsp3) is 0.148. The second-order valence-electron chi connectivity index (χ2n) is 8.48. The second kappa shape index (κ2) is 9.43. The van der Waals surface area contributed by atoms with Gasteiger partial charge < -0.3 is 14.6 Å². The van der Waals surface area contributed by atoms with Crippen LogP contribution in [0.25, 0.3) is 16.8 Å². The Kier molecular flexibility index (Phi) is 6.00. The topological polar surface area (TPSA) is 103 Å². The molecule has 1 N–H and O–H groups in total. The van der Waals surface area contributed by atoms with Crippen molar-refractivity contribution in [2.75, 3.05) is 18.4 Å². The van der Waals surface area contributed by atoms with Gasteiger partial charge in [-0.05, 0) is 54.5 Å². The van der Waals surface area contributed by atoms with Gasteiger partial charge in [0, 0.05) is 37.0 Å². The molecule has 0 saturated carbocycles. The van der Waals surface area contributed by atoms with Crippen molar-refractivity contribution >= 4 is 23.1 Å². The molecule has 4 heterocycles. The summed E-state index contributed by atoms with van der Waals surface area (Å²) in [5, 5.41) is 11.5. The highest BCUT2D eigenvalue weighted by Gasteiger charge is 2.29. The van der Waals surface area contributed by atoms with E-state index in [2.05, 4.69) is 21.9 Å². The number of nitriles is 1. The zero-order valence-electron chi connectivity index (χ0n) is 19.2. The van der Waals surface area contributed by atoms with E-state index < -0.39 is 11.7 Å². The van der Waals surface area contributed by atoms with Gasteiger partial charge in [-0.3, -0.25) is 9.59 Å². The molecule has 1 aromatic carbocycles. The molecule has 5 rings (SSSR count). The second-order valence-corrected chi connectivity index (χ2v) is 8.48. The summed E-state index contributed by atoms with van der Waals surface area (Å²) >= 11 is 0. The van der Waals surface area contributed by atoms with Crippen LogP contribution in [0, 0.1) is 17.1 Å². The van der Waals surface area contributed by atoms with E-state index in [0.717, 1.165) is 23.2 Å². The Bertz CT molecular complexity index is 1550. The van der Waals surface area contributed by atoms with Crippen LogP contribution in [0.2, 0.25) is 0 Å². The third-order valence-corrected chi connectivity index (χ3v) is 6.36. The molecule has 9 heteroatoms. The number of anilines is 1. The number of nitrogens with one attached hydrogen (secondary N) is 1. The lowest BCUT2D eigenvalue weighted by molar-refractivity contribution is -0.125. The third kappa shape index (κ3) is 4.20. The first-order valence-corrected chi connectivity index (χ1v) is 11.3. The molecule has 1 atom stereocenters. The molecule has 0 bridgehead atoms. The van der Waals surface area contributed by atoms with Crippen LogP contribution in [0.3, 0.4) is 0 Å². The van der Waals surface area contributed by atoms with Gasteiger partial charge in [-0.25, -0.2) is 14.4 Å². The lowest BCUT2D eigenvalue weighted by atomic mass is 9.98. The van der Waals surface area contributed by atoms with Crippen molar-refractivity contribution in [3.63, 3.8) is 0 Å². The van der Waals surface area contributed by atoms with Crippen LogP contribution in [0.5, 0.6) is 0 Å².